The molecule has 0 spiro atoms. The van der Waals surface area contributed by atoms with Crippen LogP contribution in [0, 0.1) is 11.3 Å². The summed E-state index contributed by atoms with van der Waals surface area (Å²) in [5, 5.41) is 3.66. The molecule has 0 bridgehead atoms. The van der Waals surface area contributed by atoms with Gasteiger partial charge in [-0.05, 0) is 50.1 Å². The molecule has 0 aliphatic carbocycles. The molecule has 2 atom stereocenters. The minimum Gasteiger partial charge on any atom is -0.381 e. The topological polar surface area (TPSA) is 33.7 Å². The summed E-state index contributed by atoms with van der Waals surface area (Å²) in [6.45, 7) is 12.2. The number of methoxy groups -OCH3 is 1. The zero-order valence-corrected chi connectivity index (χ0v) is 14.2. The van der Waals surface area contributed by atoms with E-state index in [-0.39, 0.29) is 0 Å². The average molecular weight is 298 g/mol. The average Bonchev–Trinajstić information content (AvgIpc) is 2.50. The van der Waals surface area contributed by atoms with Crippen LogP contribution in [0.2, 0.25) is 0 Å². The van der Waals surface area contributed by atoms with Crippen molar-refractivity contribution in [1.82, 2.24) is 10.2 Å². The fraction of sp³-hybridized carbons (Fsp3) is 1.00. The molecule has 0 aromatic rings. The molecule has 4 heteroatoms. The smallest absolute Gasteiger partial charge is 0.0724 e. The van der Waals surface area contributed by atoms with Gasteiger partial charge in [-0.1, -0.05) is 13.8 Å². The standard InChI is InChI=1S/C17H34N2O2/c1-4-8-18-13-17(6-10-21-11-7-17)14-19-9-5-15(2)16(12-19)20-3/h15-16,18H,4-14H2,1-3H3. The largest absolute Gasteiger partial charge is 0.381 e. The molecule has 21 heavy (non-hydrogen) atoms. The summed E-state index contributed by atoms with van der Waals surface area (Å²) in [5.74, 6) is 0.690. The van der Waals surface area contributed by atoms with Crippen molar-refractivity contribution in [3.05, 3.63) is 0 Å². The second-order valence-electron chi connectivity index (χ2n) is 7.06. The van der Waals surface area contributed by atoms with Crippen molar-refractivity contribution in [1.29, 1.82) is 0 Å². The molecule has 2 unspecified atom stereocenters. The van der Waals surface area contributed by atoms with E-state index in [4.69, 9.17) is 9.47 Å². The van der Waals surface area contributed by atoms with E-state index in [2.05, 4.69) is 24.1 Å². The Hall–Kier alpha value is -0.160. The number of likely N-dealkylation sites (tertiary alicyclic amines) is 1. The van der Waals surface area contributed by atoms with Crippen LogP contribution in [-0.2, 0) is 9.47 Å². The van der Waals surface area contributed by atoms with E-state index in [1.807, 2.05) is 7.11 Å². The van der Waals surface area contributed by atoms with Gasteiger partial charge in [0.1, 0.15) is 0 Å². The van der Waals surface area contributed by atoms with Crippen molar-refractivity contribution >= 4 is 0 Å². The van der Waals surface area contributed by atoms with Crippen LogP contribution in [0.5, 0.6) is 0 Å². The third-order valence-electron chi connectivity index (χ3n) is 5.32. The lowest BCUT2D eigenvalue weighted by Gasteiger charge is -2.44. The van der Waals surface area contributed by atoms with E-state index >= 15 is 0 Å². The monoisotopic (exact) mass is 298 g/mol. The Morgan fingerprint density at radius 1 is 1.33 bits per heavy atom. The van der Waals surface area contributed by atoms with Crippen molar-refractivity contribution in [3.8, 4) is 0 Å². The van der Waals surface area contributed by atoms with Gasteiger partial charge in [0.2, 0.25) is 0 Å². The van der Waals surface area contributed by atoms with Crippen LogP contribution in [0.4, 0.5) is 0 Å². The number of piperidine rings is 1. The summed E-state index contributed by atoms with van der Waals surface area (Å²) in [5.41, 5.74) is 0.395. The minimum atomic E-state index is 0.395. The van der Waals surface area contributed by atoms with Crippen LogP contribution in [-0.4, -0.2) is 64.1 Å². The number of nitrogens with zero attached hydrogens (tertiary/aromatic N) is 1. The Labute approximate surface area is 130 Å². The van der Waals surface area contributed by atoms with Gasteiger partial charge in [-0.3, -0.25) is 0 Å². The zero-order chi connectivity index (χ0) is 15.1. The van der Waals surface area contributed by atoms with Gasteiger partial charge in [-0.2, -0.15) is 0 Å². The third-order valence-corrected chi connectivity index (χ3v) is 5.32. The van der Waals surface area contributed by atoms with E-state index in [0.29, 0.717) is 17.4 Å². The Morgan fingerprint density at radius 2 is 2.10 bits per heavy atom. The van der Waals surface area contributed by atoms with Crippen molar-refractivity contribution < 1.29 is 9.47 Å². The van der Waals surface area contributed by atoms with Crippen molar-refractivity contribution in [2.24, 2.45) is 11.3 Å². The lowest BCUT2D eigenvalue weighted by molar-refractivity contribution is -0.0424. The van der Waals surface area contributed by atoms with E-state index in [9.17, 15) is 0 Å². The predicted octanol–water partition coefficient (Wildman–Crippen LogP) is 2.14. The number of nitrogens with one attached hydrogen (secondary N) is 1. The molecular weight excluding hydrogens is 264 g/mol. The lowest BCUT2D eigenvalue weighted by atomic mass is 9.78. The molecule has 2 fully saturated rings. The fourth-order valence-electron chi connectivity index (χ4n) is 3.75. The van der Waals surface area contributed by atoms with Gasteiger partial charge in [0.05, 0.1) is 6.10 Å². The van der Waals surface area contributed by atoms with Gasteiger partial charge < -0.3 is 19.7 Å². The molecule has 2 aliphatic heterocycles. The summed E-state index contributed by atoms with van der Waals surface area (Å²) < 4.78 is 11.3. The maximum absolute atomic E-state index is 5.67. The van der Waals surface area contributed by atoms with Crippen LogP contribution in [0.15, 0.2) is 0 Å². The molecule has 1 N–H and O–H groups in total. The van der Waals surface area contributed by atoms with Crippen LogP contribution in [0.25, 0.3) is 0 Å². The normalized spacial score (nSPS) is 30.4. The first-order valence-corrected chi connectivity index (χ1v) is 8.73. The quantitative estimate of drug-likeness (QED) is 0.730. The number of rotatable bonds is 7. The highest BCUT2D eigenvalue weighted by molar-refractivity contribution is 4.90. The fourth-order valence-corrected chi connectivity index (χ4v) is 3.75. The molecule has 124 valence electrons. The lowest BCUT2D eigenvalue weighted by Crippen LogP contribution is -2.52. The van der Waals surface area contributed by atoms with Gasteiger partial charge in [0.15, 0.2) is 0 Å². The van der Waals surface area contributed by atoms with E-state index in [0.717, 1.165) is 32.8 Å². The molecule has 0 saturated carbocycles. The third kappa shape index (κ3) is 4.92. The number of hydrogen-bond donors (Lipinski definition) is 1. The molecule has 0 aromatic heterocycles. The van der Waals surface area contributed by atoms with Crippen LogP contribution >= 0.6 is 0 Å². The molecule has 2 heterocycles. The summed E-state index contributed by atoms with van der Waals surface area (Å²) in [6.07, 6.45) is 5.24. The number of ether oxygens (including phenoxy) is 2. The zero-order valence-electron chi connectivity index (χ0n) is 14.2. The second kappa shape index (κ2) is 8.47. The molecule has 2 aliphatic rings. The maximum Gasteiger partial charge on any atom is 0.0724 e. The van der Waals surface area contributed by atoms with Crippen molar-refractivity contribution in [2.75, 3.05) is 53.0 Å². The van der Waals surface area contributed by atoms with Gasteiger partial charge in [-0.15, -0.1) is 0 Å². The molecule has 2 saturated heterocycles. The van der Waals surface area contributed by atoms with Gasteiger partial charge in [0.25, 0.3) is 0 Å². The highest BCUT2D eigenvalue weighted by Gasteiger charge is 2.36. The van der Waals surface area contributed by atoms with Crippen LogP contribution in [0.1, 0.15) is 39.5 Å². The summed E-state index contributed by atoms with van der Waals surface area (Å²) >= 11 is 0. The number of hydrogen-bond acceptors (Lipinski definition) is 4. The molecule has 4 nitrogen and oxygen atoms in total. The Balaban J connectivity index is 1.91. The molecular formula is C17H34N2O2. The molecule has 2 rings (SSSR count). The van der Waals surface area contributed by atoms with Crippen molar-refractivity contribution in [3.63, 3.8) is 0 Å². The second-order valence-corrected chi connectivity index (χ2v) is 7.06. The summed E-state index contributed by atoms with van der Waals surface area (Å²) in [6, 6.07) is 0. The minimum absolute atomic E-state index is 0.395. The van der Waals surface area contributed by atoms with E-state index in [1.54, 1.807) is 0 Å². The highest BCUT2D eigenvalue weighted by Crippen LogP contribution is 2.32. The molecule has 0 aromatic carbocycles. The summed E-state index contributed by atoms with van der Waals surface area (Å²) in [4.78, 5) is 2.63. The molecule has 0 amide bonds. The Bertz CT molecular complexity index is 293. The summed E-state index contributed by atoms with van der Waals surface area (Å²) in [7, 11) is 1.86. The maximum atomic E-state index is 5.67. The SMILES string of the molecule is CCCNCC1(CN2CCC(C)C(OC)C2)CCOCC1. The Morgan fingerprint density at radius 3 is 2.76 bits per heavy atom. The molecule has 0 radical (unpaired) electrons. The predicted molar refractivity (Wildman–Crippen MR) is 86.7 cm³/mol. The first-order chi connectivity index (χ1) is 10.2. The van der Waals surface area contributed by atoms with Crippen molar-refractivity contribution in [2.45, 2.75) is 45.6 Å². The highest BCUT2D eigenvalue weighted by atomic mass is 16.5. The van der Waals surface area contributed by atoms with E-state index < -0.39 is 0 Å². The van der Waals surface area contributed by atoms with Crippen LogP contribution < -0.4 is 5.32 Å². The van der Waals surface area contributed by atoms with E-state index in [1.165, 1.54) is 38.8 Å². The van der Waals surface area contributed by atoms with Gasteiger partial charge in [-0.25, -0.2) is 0 Å². The van der Waals surface area contributed by atoms with Crippen LogP contribution in [0.3, 0.4) is 0 Å². The van der Waals surface area contributed by atoms with Gasteiger partial charge >= 0.3 is 0 Å². The first-order valence-electron chi connectivity index (χ1n) is 8.73. The van der Waals surface area contributed by atoms with Gasteiger partial charge in [0, 0.05) is 40.0 Å². The first kappa shape index (κ1) is 17.2. The Kier molecular flexibility index (Phi) is 6.93.